The van der Waals surface area contributed by atoms with Crippen LogP contribution in [0.25, 0.3) is 0 Å². The van der Waals surface area contributed by atoms with Crippen molar-refractivity contribution in [1.29, 1.82) is 0 Å². The highest BCUT2D eigenvalue weighted by molar-refractivity contribution is 5.89. The molecule has 124 valence electrons. The highest BCUT2D eigenvalue weighted by Crippen LogP contribution is 2.59. The third-order valence-electron chi connectivity index (χ3n) is 6.05. The fourth-order valence-corrected chi connectivity index (χ4v) is 4.79. The second-order valence-corrected chi connectivity index (χ2v) is 7.20. The van der Waals surface area contributed by atoms with Gasteiger partial charge in [0.1, 0.15) is 0 Å². The van der Waals surface area contributed by atoms with E-state index in [2.05, 4.69) is 0 Å². The molecular weight excluding hydrogens is 292 g/mol. The number of carboxylic acid groups (broad SMARTS) is 1. The molecule has 1 aromatic rings. The number of ether oxygens (including phenoxy) is 1. The first-order valence-corrected chi connectivity index (χ1v) is 8.39. The molecule has 2 aliphatic carbocycles. The molecule has 3 rings (SSSR count). The van der Waals surface area contributed by atoms with E-state index < -0.39 is 11.4 Å². The summed E-state index contributed by atoms with van der Waals surface area (Å²) in [7, 11) is 1.37. The van der Waals surface area contributed by atoms with Crippen LogP contribution in [-0.2, 0) is 9.53 Å². The normalized spacial score (nSPS) is 33.0. The Morgan fingerprint density at radius 2 is 1.83 bits per heavy atom. The van der Waals surface area contributed by atoms with Gasteiger partial charge in [0.05, 0.1) is 18.1 Å². The lowest BCUT2D eigenvalue weighted by molar-refractivity contribution is -0.151. The molecule has 2 fully saturated rings. The highest BCUT2D eigenvalue weighted by atomic mass is 16.5. The number of fused-ring (bicyclic) bond motifs is 1. The number of esters is 1. The quantitative estimate of drug-likeness (QED) is 0.860. The van der Waals surface area contributed by atoms with Crippen molar-refractivity contribution in [3.05, 3.63) is 35.4 Å². The molecule has 0 amide bonds. The van der Waals surface area contributed by atoms with Crippen LogP contribution in [0.15, 0.2) is 24.3 Å². The summed E-state index contributed by atoms with van der Waals surface area (Å²) in [6.07, 6.45) is 5.14. The maximum absolute atomic E-state index is 11.9. The van der Waals surface area contributed by atoms with Crippen molar-refractivity contribution in [2.75, 3.05) is 7.11 Å². The first kappa shape index (κ1) is 16.0. The molecule has 0 unspecified atom stereocenters. The number of methoxy groups -OCH3 is 1. The molecule has 23 heavy (non-hydrogen) atoms. The summed E-state index contributed by atoms with van der Waals surface area (Å²) in [4.78, 5) is 23.4. The average Bonchev–Trinajstić information content (AvgIpc) is 2.89. The summed E-state index contributed by atoms with van der Waals surface area (Å²) in [5.41, 5.74) is 1.06. The average molecular weight is 316 g/mol. The van der Waals surface area contributed by atoms with Gasteiger partial charge in [0.25, 0.3) is 0 Å². The van der Waals surface area contributed by atoms with Crippen molar-refractivity contribution in [3.8, 4) is 0 Å². The monoisotopic (exact) mass is 316 g/mol. The number of carboxylic acids is 1. The van der Waals surface area contributed by atoms with Gasteiger partial charge < -0.3 is 9.84 Å². The predicted octanol–water partition coefficient (Wildman–Crippen LogP) is 3.86. The molecule has 4 atom stereocenters. The molecule has 0 heterocycles. The van der Waals surface area contributed by atoms with E-state index in [9.17, 15) is 14.7 Å². The van der Waals surface area contributed by atoms with Crippen LogP contribution in [0.2, 0.25) is 0 Å². The van der Waals surface area contributed by atoms with Crippen LogP contribution in [0, 0.1) is 17.3 Å². The zero-order valence-electron chi connectivity index (χ0n) is 13.7. The maximum atomic E-state index is 11.9. The molecule has 1 N–H and O–H groups in total. The molecular formula is C19H24O4. The molecule has 0 radical (unpaired) electrons. The molecule has 4 nitrogen and oxygen atoms in total. The first-order chi connectivity index (χ1) is 11.0. The van der Waals surface area contributed by atoms with E-state index in [0.29, 0.717) is 17.9 Å². The fraction of sp³-hybridized carbons (Fsp3) is 0.579. The summed E-state index contributed by atoms with van der Waals surface area (Å²) < 4.78 is 4.74. The molecule has 4 heteroatoms. The summed E-state index contributed by atoms with van der Waals surface area (Å²) in [6, 6.07) is 7.51. The van der Waals surface area contributed by atoms with Gasteiger partial charge in [0, 0.05) is 0 Å². The number of carbonyl (C=O) groups excluding carboxylic acids is 1. The molecule has 0 bridgehead atoms. The summed E-state index contributed by atoms with van der Waals surface area (Å²) >= 11 is 0. The zero-order valence-corrected chi connectivity index (χ0v) is 13.7. The number of hydrogen-bond acceptors (Lipinski definition) is 3. The van der Waals surface area contributed by atoms with E-state index in [4.69, 9.17) is 4.74 Å². The largest absolute Gasteiger partial charge is 0.481 e. The summed E-state index contributed by atoms with van der Waals surface area (Å²) in [5, 5.41) is 9.76. The second-order valence-electron chi connectivity index (χ2n) is 7.20. The van der Waals surface area contributed by atoms with Gasteiger partial charge in [-0.2, -0.15) is 0 Å². The molecule has 0 aliphatic heterocycles. The first-order valence-electron chi connectivity index (χ1n) is 8.39. The third-order valence-corrected chi connectivity index (χ3v) is 6.05. The van der Waals surface area contributed by atoms with Gasteiger partial charge in [0.15, 0.2) is 0 Å². The highest BCUT2D eigenvalue weighted by Gasteiger charge is 2.55. The van der Waals surface area contributed by atoms with Crippen LogP contribution >= 0.6 is 0 Å². The summed E-state index contributed by atoms with van der Waals surface area (Å²) in [5.74, 6) is -0.0297. The Morgan fingerprint density at radius 3 is 2.43 bits per heavy atom. The van der Waals surface area contributed by atoms with E-state index in [0.717, 1.165) is 24.8 Å². The number of hydrogen-bond donors (Lipinski definition) is 1. The number of carbonyl (C=O) groups is 2. The van der Waals surface area contributed by atoms with Crippen molar-refractivity contribution in [2.45, 2.75) is 44.9 Å². The minimum Gasteiger partial charge on any atom is -0.481 e. The molecule has 2 saturated carbocycles. The Morgan fingerprint density at radius 1 is 1.17 bits per heavy atom. The Balaban J connectivity index is 1.90. The Kier molecular flexibility index (Phi) is 4.17. The van der Waals surface area contributed by atoms with E-state index in [1.807, 2.05) is 19.1 Å². The van der Waals surface area contributed by atoms with Crippen molar-refractivity contribution in [2.24, 2.45) is 17.3 Å². The summed E-state index contributed by atoms with van der Waals surface area (Å²) in [6.45, 7) is 1.92. The van der Waals surface area contributed by atoms with Gasteiger partial charge in [-0.3, -0.25) is 4.79 Å². The Hall–Kier alpha value is -1.84. The van der Waals surface area contributed by atoms with Crippen LogP contribution in [0.3, 0.4) is 0 Å². The molecule has 0 aromatic heterocycles. The minimum absolute atomic E-state index is 0.263. The fourth-order valence-electron chi connectivity index (χ4n) is 4.79. The topological polar surface area (TPSA) is 63.6 Å². The van der Waals surface area contributed by atoms with Gasteiger partial charge in [0.2, 0.25) is 0 Å². The lowest BCUT2D eigenvalue weighted by Gasteiger charge is -2.34. The van der Waals surface area contributed by atoms with Gasteiger partial charge in [-0.05, 0) is 61.6 Å². The zero-order chi connectivity index (χ0) is 16.6. The lowest BCUT2D eigenvalue weighted by Crippen LogP contribution is -2.34. The van der Waals surface area contributed by atoms with Crippen LogP contribution in [-0.4, -0.2) is 24.2 Å². The molecule has 0 spiro atoms. The lowest BCUT2D eigenvalue weighted by atomic mass is 9.70. The Bertz CT molecular complexity index is 606. The molecule has 1 aromatic carbocycles. The standard InChI is InChI=1S/C19H24O4/c1-19(18(21)22)11-15(14-5-3-4-6-16(14)19)12-7-9-13(10-8-12)17(20)23-2/h7-10,14-16H,3-6,11H2,1-2H3,(H,21,22)/t14-,15+,16-,19+/m1/s1. The van der Waals surface area contributed by atoms with Gasteiger partial charge in [-0.1, -0.05) is 25.0 Å². The maximum Gasteiger partial charge on any atom is 0.337 e. The van der Waals surface area contributed by atoms with E-state index in [1.165, 1.54) is 13.5 Å². The van der Waals surface area contributed by atoms with E-state index in [1.54, 1.807) is 12.1 Å². The Labute approximate surface area is 136 Å². The van der Waals surface area contributed by atoms with Crippen LogP contribution in [0.5, 0.6) is 0 Å². The smallest absolute Gasteiger partial charge is 0.337 e. The number of benzene rings is 1. The molecule has 2 aliphatic rings. The van der Waals surface area contributed by atoms with Crippen molar-refractivity contribution < 1.29 is 19.4 Å². The van der Waals surface area contributed by atoms with Gasteiger partial charge in [-0.25, -0.2) is 4.79 Å². The van der Waals surface area contributed by atoms with E-state index >= 15 is 0 Å². The van der Waals surface area contributed by atoms with Crippen molar-refractivity contribution >= 4 is 11.9 Å². The SMILES string of the molecule is COC(=O)c1ccc([C@@H]2C[C@](C)(C(=O)O)[C@@H]3CCCC[C@@H]32)cc1. The minimum atomic E-state index is -0.664. The van der Waals surface area contributed by atoms with Crippen molar-refractivity contribution in [1.82, 2.24) is 0 Å². The van der Waals surface area contributed by atoms with Crippen LogP contribution < -0.4 is 0 Å². The number of rotatable bonds is 3. The van der Waals surface area contributed by atoms with E-state index in [-0.39, 0.29) is 17.8 Å². The second kappa shape index (κ2) is 5.99. The van der Waals surface area contributed by atoms with Crippen LogP contribution in [0.4, 0.5) is 0 Å². The van der Waals surface area contributed by atoms with Crippen molar-refractivity contribution in [3.63, 3.8) is 0 Å². The number of aliphatic carboxylic acids is 1. The molecule has 0 saturated heterocycles. The van der Waals surface area contributed by atoms with Gasteiger partial charge in [-0.15, -0.1) is 0 Å². The third kappa shape index (κ3) is 2.64. The van der Waals surface area contributed by atoms with Gasteiger partial charge >= 0.3 is 11.9 Å². The van der Waals surface area contributed by atoms with Crippen LogP contribution in [0.1, 0.15) is 60.9 Å². The predicted molar refractivity (Wildman–Crippen MR) is 86.3 cm³/mol.